The highest BCUT2D eigenvalue weighted by Gasteiger charge is 2.40. The van der Waals surface area contributed by atoms with E-state index in [0.717, 1.165) is 32.5 Å². The third kappa shape index (κ3) is 4.34. The van der Waals surface area contributed by atoms with Gasteiger partial charge in [-0.25, -0.2) is 0 Å². The first-order chi connectivity index (χ1) is 8.51. The molecule has 4 heteroatoms. The van der Waals surface area contributed by atoms with Gasteiger partial charge in [0.2, 0.25) is 0 Å². The van der Waals surface area contributed by atoms with Crippen molar-refractivity contribution >= 4 is 5.78 Å². The number of rotatable bonds is 8. The molecular weight excluding hydrogens is 230 g/mol. The lowest BCUT2D eigenvalue weighted by molar-refractivity contribution is -0.128. The molecule has 0 spiro atoms. The Morgan fingerprint density at radius 2 is 1.78 bits per heavy atom. The van der Waals surface area contributed by atoms with Gasteiger partial charge in [0.1, 0.15) is 5.78 Å². The Morgan fingerprint density at radius 1 is 1.22 bits per heavy atom. The molecule has 1 atom stereocenters. The summed E-state index contributed by atoms with van der Waals surface area (Å²) in [7, 11) is 3.41. The van der Waals surface area contributed by atoms with E-state index in [1.165, 1.54) is 0 Å². The van der Waals surface area contributed by atoms with Crippen LogP contribution in [0.4, 0.5) is 0 Å². The largest absolute Gasteiger partial charge is 0.383 e. The minimum atomic E-state index is -0.126. The SMILES string of the molecule is COCCN(CCOC)CC1CCC(C)(C)C1=O. The molecule has 0 aromatic rings. The lowest BCUT2D eigenvalue weighted by Gasteiger charge is -2.25. The molecule has 1 fully saturated rings. The van der Waals surface area contributed by atoms with Crippen LogP contribution < -0.4 is 0 Å². The molecule has 0 heterocycles. The van der Waals surface area contributed by atoms with Crippen LogP contribution in [0.25, 0.3) is 0 Å². The number of carbonyl (C=O) groups excluding carboxylic acids is 1. The smallest absolute Gasteiger partial charge is 0.142 e. The Labute approximate surface area is 111 Å². The summed E-state index contributed by atoms with van der Waals surface area (Å²) < 4.78 is 10.2. The van der Waals surface area contributed by atoms with Crippen LogP contribution in [0.3, 0.4) is 0 Å². The zero-order valence-electron chi connectivity index (χ0n) is 12.2. The molecule has 4 nitrogen and oxygen atoms in total. The summed E-state index contributed by atoms with van der Waals surface area (Å²) in [6.45, 7) is 8.10. The quantitative estimate of drug-likeness (QED) is 0.662. The zero-order valence-corrected chi connectivity index (χ0v) is 12.2. The van der Waals surface area contributed by atoms with E-state index in [0.29, 0.717) is 19.0 Å². The van der Waals surface area contributed by atoms with Gasteiger partial charge in [-0.3, -0.25) is 9.69 Å². The second-order valence-electron chi connectivity index (χ2n) is 5.77. The van der Waals surface area contributed by atoms with Gasteiger partial charge in [0.15, 0.2) is 0 Å². The van der Waals surface area contributed by atoms with Crippen LogP contribution in [-0.2, 0) is 14.3 Å². The number of nitrogens with zero attached hydrogens (tertiary/aromatic N) is 1. The van der Waals surface area contributed by atoms with Crippen LogP contribution in [0.2, 0.25) is 0 Å². The zero-order chi connectivity index (χ0) is 13.6. The van der Waals surface area contributed by atoms with E-state index in [1.807, 2.05) is 0 Å². The van der Waals surface area contributed by atoms with Crippen molar-refractivity contribution in [2.24, 2.45) is 11.3 Å². The van der Waals surface area contributed by atoms with E-state index in [1.54, 1.807) is 14.2 Å². The van der Waals surface area contributed by atoms with Crippen molar-refractivity contribution in [3.05, 3.63) is 0 Å². The van der Waals surface area contributed by atoms with E-state index in [4.69, 9.17) is 9.47 Å². The summed E-state index contributed by atoms with van der Waals surface area (Å²) in [5, 5.41) is 0. The molecule has 0 aromatic heterocycles. The van der Waals surface area contributed by atoms with E-state index in [9.17, 15) is 4.79 Å². The van der Waals surface area contributed by atoms with Gasteiger partial charge in [-0.2, -0.15) is 0 Å². The maximum absolute atomic E-state index is 12.2. The van der Waals surface area contributed by atoms with Crippen molar-refractivity contribution in [1.29, 1.82) is 0 Å². The number of hydrogen-bond donors (Lipinski definition) is 0. The maximum Gasteiger partial charge on any atom is 0.142 e. The van der Waals surface area contributed by atoms with Crippen molar-refractivity contribution in [2.45, 2.75) is 26.7 Å². The van der Waals surface area contributed by atoms with Gasteiger partial charge in [0.05, 0.1) is 13.2 Å². The van der Waals surface area contributed by atoms with Crippen LogP contribution in [0, 0.1) is 11.3 Å². The average Bonchev–Trinajstić information content (AvgIpc) is 2.59. The molecule has 1 saturated carbocycles. The molecule has 0 radical (unpaired) electrons. The number of carbonyl (C=O) groups is 1. The van der Waals surface area contributed by atoms with Gasteiger partial charge < -0.3 is 9.47 Å². The third-order valence-electron chi connectivity index (χ3n) is 3.86. The summed E-state index contributed by atoms with van der Waals surface area (Å²) >= 11 is 0. The molecule has 0 saturated heterocycles. The first-order valence-electron chi connectivity index (χ1n) is 6.76. The van der Waals surface area contributed by atoms with Gasteiger partial charge >= 0.3 is 0 Å². The monoisotopic (exact) mass is 257 g/mol. The van der Waals surface area contributed by atoms with Gasteiger partial charge in [0.25, 0.3) is 0 Å². The van der Waals surface area contributed by atoms with Crippen LogP contribution >= 0.6 is 0 Å². The highest BCUT2D eigenvalue weighted by Crippen LogP contribution is 2.37. The van der Waals surface area contributed by atoms with Gasteiger partial charge in [0, 0.05) is 45.2 Å². The van der Waals surface area contributed by atoms with E-state index >= 15 is 0 Å². The van der Waals surface area contributed by atoms with Crippen molar-refractivity contribution < 1.29 is 14.3 Å². The normalized spacial score (nSPS) is 22.9. The Balaban J connectivity index is 2.47. The highest BCUT2D eigenvalue weighted by molar-refractivity contribution is 5.88. The molecule has 0 N–H and O–H groups in total. The van der Waals surface area contributed by atoms with E-state index in [-0.39, 0.29) is 11.3 Å². The van der Waals surface area contributed by atoms with Crippen LogP contribution in [0.15, 0.2) is 0 Å². The molecule has 0 amide bonds. The topological polar surface area (TPSA) is 38.8 Å². The van der Waals surface area contributed by atoms with Gasteiger partial charge in [-0.15, -0.1) is 0 Å². The summed E-state index contributed by atoms with van der Waals surface area (Å²) in [5.41, 5.74) is -0.126. The minimum absolute atomic E-state index is 0.126. The molecule has 106 valence electrons. The van der Waals surface area contributed by atoms with Gasteiger partial charge in [-0.1, -0.05) is 13.8 Å². The Kier molecular flexibility index (Phi) is 6.26. The summed E-state index contributed by atoms with van der Waals surface area (Å²) in [6, 6.07) is 0. The van der Waals surface area contributed by atoms with Crippen LogP contribution in [-0.4, -0.2) is 57.8 Å². The average molecular weight is 257 g/mol. The van der Waals surface area contributed by atoms with Crippen molar-refractivity contribution in [2.75, 3.05) is 47.1 Å². The summed E-state index contributed by atoms with van der Waals surface area (Å²) in [5.74, 6) is 0.607. The Hall–Kier alpha value is -0.450. The standard InChI is InChI=1S/C14H27NO3/c1-14(2)6-5-12(13(14)16)11-15(7-9-17-3)8-10-18-4/h12H,5-11H2,1-4H3. The lowest BCUT2D eigenvalue weighted by atomic mass is 9.89. The van der Waals surface area contributed by atoms with Crippen LogP contribution in [0.1, 0.15) is 26.7 Å². The fourth-order valence-corrected chi connectivity index (χ4v) is 2.56. The Bertz CT molecular complexity index is 258. The molecule has 18 heavy (non-hydrogen) atoms. The number of Topliss-reactive ketones (excluding diaryl/α,β-unsaturated/α-hetero) is 1. The molecule has 0 aliphatic heterocycles. The molecule has 0 bridgehead atoms. The predicted molar refractivity (Wildman–Crippen MR) is 71.7 cm³/mol. The Morgan fingerprint density at radius 3 is 2.17 bits per heavy atom. The van der Waals surface area contributed by atoms with Crippen molar-refractivity contribution in [1.82, 2.24) is 4.90 Å². The highest BCUT2D eigenvalue weighted by atomic mass is 16.5. The molecule has 1 aliphatic rings. The van der Waals surface area contributed by atoms with Crippen LogP contribution in [0.5, 0.6) is 0 Å². The number of ether oxygens (including phenoxy) is 2. The molecule has 1 aliphatic carbocycles. The van der Waals surface area contributed by atoms with E-state index in [2.05, 4.69) is 18.7 Å². The summed E-state index contributed by atoms with van der Waals surface area (Å²) in [6.07, 6.45) is 2.03. The number of hydrogen-bond acceptors (Lipinski definition) is 4. The molecular formula is C14H27NO3. The second kappa shape index (κ2) is 7.22. The number of methoxy groups -OCH3 is 2. The fourth-order valence-electron chi connectivity index (χ4n) is 2.56. The van der Waals surface area contributed by atoms with Gasteiger partial charge in [-0.05, 0) is 12.8 Å². The number of ketones is 1. The fraction of sp³-hybridized carbons (Fsp3) is 0.929. The molecule has 0 aromatic carbocycles. The first-order valence-corrected chi connectivity index (χ1v) is 6.76. The third-order valence-corrected chi connectivity index (χ3v) is 3.86. The molecule has 1 rings (SSSR count). The first kappa shape index (κ1) is 15.6. The van der Waals surface area contributed by atoms with E-state index < -0.39 is 0 Å². The second-order valence-corrected chi connectivity index (χ2v) is 5.77. The maximum atomic E-state index is 12.2. The lowest BCUT2D eigenvalue weighted by Crippen LogP contribution is -2.37. The van der Waals surface area contributed by atoms with Crippen molar-refractivity contribution in [3.8, 4) is 0 Å². The van der Waals surface area contributed by atoms with Crippen molar-refractivity contribution in [3.63, 3.8) is 0 Å². The molecule has 1 unspecified atom stereocenters. The summed E-state index contributed by atoms with van der Waals surface area (Å²) in [4.78, 5) is 14.5. The predicted octanol–water partition coefficient (Wildman–Crippen LogP) is 1.59. The minimum Gasteiger partial charge on any atom is -0.383 e.